The van der Waals surface area contributed by atoms with Crippen molar-refractivity contribution in [1.82, 2.24) is 4.90 Å². The van der Waals surface area contributed by atoms with Gasteiger partial charge in [0.2, 0.25) is 0 Å². The number of carbonyl (C=O) groups excluding carboxylic acids is 2. The van der Waals surface area contributed by atoms with Gasteiger partial charge in [0.05, 0.1) is 28.1 Å². The van der Waals surface area contributed by atoms with Crippen LogP contribution in [0.15, 0.2) is 70.0 Å². The van der Waals surface area contributed by atoms with Gasteiger partial charge >= 0.3 is 5.97 Å². The Hall–Kier alpha value is -3.27. The summed E-state index contributed by atoms with van der Waals surface area (Å²) in [5.74, 6) is -0.431. The van der Waals surface area contributed by atoms with Crippen molar-refractivity contribution in [2.45, 2.75) is 20.1 Å². The minimum atomic E-state index is -0.993. The Morgan fingerprint density at radius 2 is 1.73 bits per heavy atom. The molecule has 0 aromatic heterocycles. The van der Waals surface area contributed by atoms with Crippen LogP contribution in [0, 0.1) is 0 Å². The zero-order valence-electron chi connectivity index (χ0n) is 19.6. The maximum absolute atomic E-state index is 13.0. The van der Waals surface area contributed by atoms with Crippen LogP contribution in [0.2, 0.25) is 5.02 Å². The fourth-order valence-corrected chi connectivity index (χ4v) is 5.07. The van der Waals surface area contributed by atoms with Crippen LogP contribution < -0.4 is 9.47 Å². The summed E-state index contributed by atoms with van der Waals surface area (Å²) in [5, 5.41) is 9.29. The second-order valence-electron chi connectivity index (χ2n) is 7.95. The third kappa shape index (κ3) is 6.54. The van der Waals surface area contributed by atoms with Gasteiger partial charge in [-0.3, -0.25) is 14.5 Å². The van der Waals surface area contributed by atoms with E-state index in [2.05, 4.69) is 15.9 Å². The first kappa shape index (κ1) is 26.8. The molecule has 7 nitrogen and oxygen atoms in total. The molecule has 190 valence electrons. The first-order valence-corrected chi connectivity index (χ1v) is 13.1. The highest BCUT2D eigenvalue weighted by molar-refractivity contribution is 9.10. The fourth-order valence-electron chi connectivity index (χ4n) is 3.53. The first-order chi connectivity index (χ1) is 17.7. The van der Waals surface area contributed by atoms with Crippen molar-refractivity contribution in [3.05, 3.63) is 97.3 Å². The number of benzene rings is 3. The maximum Gasteiger partial charge on any atom is 0.335 e. The SMILES string of the molecule is CCOc1cc(/C=C2\SC(=O)N(Cc3ccc(Cl)cc3)C2=O)cc(Br)c1OCc1ccc(C(=O)O)cc1. The molecule has 1 aliphatic rings. The summed E-state index contributed by atoms with van der Waals surface area (Å²) in [7, 11) is 0. The molecule has 3 aromatic rings. The molecular formula is C27H21BrClNO6S. The standard InChI is InChI=1S/C27H21BrClNO6S/c1-2-35-22-12-18(11-21(28)24(22)36-15-17-3-7-19(8-4-17)26(32)33)13-23-25(31)30(27(34)37-23)14-16-5-9-20(29)10-6-16/h3-13H,2,14-15H2,1H3,(H,32,33)/b23-13-. The molecular weight excluding hydrogens is 582 g/mol. The summed E-state index contributed by atoms with van der Waals surface area (Å²) in [6.07, 6.45) is 1.65. The molecule has 0 radical (unpaired) electrons. The van der Waals surface area contributed by atoms with Crippen LogP contribution in [0.3, 0.4) is 0 Å². The van der Waals surface area contributed by atoms with Gasteiger partial charge in [-0.25, -0.2) is 4.79 Å². The largest absolute Gasteiger partial charge is 0.490 e. The molecule has 1 N–H and O–H groups in total. The topological polar surface area (TPSA) is 93.1 Å². The van der Waals surface area contributed by atoms with E-state index in [-0.39, 0.29) is 29.9 Å². The second kappa shape index (κ2) is 11.9. The van der Waals surface area contributed by atoms with Gasteiger partial charge in [0.25, 0.3) is 11.1 Å². The molecule has 0 atom stereocenters. The molecule has 2 amide bonds. The van der Waals surface area contributed by atoms with Crippen LogP contribution in [-0.4, -0.2) is 33.7 Å². The number of imide groups is 1. The van der Waals surface area contributed by atoms with Gasteiger partial charge in [0.1, 0.15) is 6.61 Å². The summed E-state index contributed by atoms with van der Waals surface area (Å²) in [6, 6.07) is 16.9. The van der Waals surface area contributed by atoms with Crippen molar-refractivity contribution in [2.75, 3.05) is 6.61 Å². The van der Waals surface area contributed by atoms with E-state index in [1.807, 2.05) is 6.92 Å². The van der Waals surface area contributed by atoms with Crippen molar-refractivity contribution in [1.29, 1.82) is 0 Å². The van der Waals surface area contributed by atoms with Gasteiger partial charge in [0.15, 0.2) is 11.5 Å². The van der Waals surface area contributed by atoms with E-state index < -0.39 is 5.97 Å². The fraction of sp³-hybridized carbons (Fsp3) is 0.148. The number of carboxylic acids is 1. The zero-order chi connectivity index (χ0) is 26.5. The van der Waals surface area contributed by atoms with Gasteiger partial charge in [-0.05, 0) is 93.8 Å². The lowest BCUT2D eigenvalue weighted by Gasteiger charge is -2.15. The molecule has 10 heteroatoms. The molecule has 1 aliphatic heterocycles. The van der Waals surface area contributed by atoms with Crippen LogP contribution >= 0.6 is 39.3 Å². The van der Waals surface area contributed by atoms with E-state index in [0.717, 1.165) is 22.9 Å². The Morgan fingerprint density at radius 3 is 2.38 bits per heavy atom. The van der Waals surface area contributed by atoms with Gasteiger partial charge in [-0.2, -0.15) is 0 Å². The Bertz CT molecular complexity index is 1370. The van der Waals surface area contributed by atoms with E-state index in [4.69, 9.17) is 26.2 Å². The Balaban J connectivity index is 1.52. The minimum Gasteiger partial charge on any atom is -0.490 e. The number of halogens is 2. The van der Waals surface area contributed by atoms with Crippen LogP contribution in [0.4, 0.5) is 4.79 Å². The normalized spacial score (nSPS) is 14.4. The van der Waals surface area contributed by atoms with Crippen molar-refractivity contribution < 1.29 is 29.0 Å². The molecule has 0 unspecified atom stereocenters. The van der Waals surface area contributed by atoms with Crippen molar-refractivity contribution in [2.24, 2.45) is 0 Å². The average Bonchev–Trinajstić information content (AvgIpc) is 3.12. The lowest BCUT2D eigenvalue weighted by Crippen LogP contribution is -2.27. The highest BCUT2D eigenvalue weighted by Gasteiger charge is 2.35. The maximum atomic E-state index is 13.0. The summed E-state index contributed by atoms with van der Waals surface area (Å²) in [4.78, 5) is 38.1. The number of rotatable bonds is 9. The number of aromatic carboxylic acids is 1. The summed E-state index contributed by atoms with van der Waals surface area (Å²) in [6.45, 7) is 2.59. The zero-order valence-corrected chi connectivity index (χ0v) is 22.7. The quantitative estimate of drug-likeness (QED) is 0.263. The number of nitrogens with zero attached hydrogens (tertiary/aromatic N) is 1. The van der Waals surface area contributed by atoms with Gasteiger partial charge in [-0.1, -0.05) is 35.9 Å². The molecule has 37 heavy (non-hydrogen) atoms. The van der Waals surface area contributed by atoms with E-state index >= 15 is 0 Å². The number of thioether (sulfide) groups is 1. The Labute approximate surface area is 231 Å². The molecule has 0 bridgehead atoms. The first-order valence-electron chi connectivity index (χ1n) is 11.2. The number of ether oxygens (including phenoxy) is 2. The van der Waals surface area contributed by atoms with E-state index in [1.165, 1.54) is 17.0 Å². The summed E-state index contributed by atoms with van der Waals surface area (Å²) < 4.78 is 12.4. The molecule has 4 rings (SSSR count). The second-order valence-corrected chi connectivity index (χ2v) is 10.2. The lowest BCUT2D eigenvalue weighted by atomic mass is 10.1. The van der Waals surface area contributed by atoms with E-state index in [0.29, 0.717) is 38.1 Å². The number of carboxylic acid groups (broad SMARTS) is 1. The third-order valence-corrected chi connectivity index (χ3v) is 7.09. The summed E-state index contributed by atoms with van der Waals surface area (Å²) >= 11 is 10.3. The monoisotopic (exact) mass is 601 g/mol. The van der Waals surface area contributed by atoms with Crippen molar-refractivity contribution >= 4 is 62.5 Å². The summed E-state index contributed by atoms with van der Waals surface area (Å²) in [5.41, 5.74) is 2.44. The lowest BCUT2D eigenvalue weighted by molar-refractivity contribution is -0.123. The van der Waals surface area contributed by atoms with Crippen LogP contribution in [0.1, 0.15) is 34.0 Å². The van der Waals surface area contributed by atoms with Crippen LogP contribution in [-0.2, 0) is 17.9 Å². The highest BCUT2D eigenvalue weighted by Crippen LogP contribution is 2.40. The molecule has 1 fully saturated rings. The van der Waals surface area contributed by atoms with E-state index in [9.17, 15) is 14.4 Å². The molecule has 1 saturated heterocycles. The molecule has 0 saturated carbocycles. The molecule has 0 spiro atoms. The Kier molecular flexibility index (Phi) is 8.58. The third-order valence-electron chi connectivity index (χ3n) is 5.34. The van der Waals surface area contributed by atoms with Gasteiger partial charge < -0.3 is 14.6 Å². The molecule has 0 aliphatic carbocycles. The average molecular weight is 603 g/mol. The predicted octanol–water partition coefficient (Wildman–Crippen LogP) is 7.01. The van der Waals surface area contributed by atoms with Crippen LogP contribution in [0.25, 0.3) is 6.08 Å². The van der Waals surface area contributed by atoms with Gasteiger partial charge in [-0.15, -0.1) is 0 Å². The van der Waals surface area contributed by atoms with E-state index in [1.54, 1.807) is 54.6 Å². The number of hydrogen-bond donors (Lipinski definition) is 1. The van der Waals surface area contributed by atoms with Crippen LogP contribution in [0.5, 0.6) is 11.5 Å². The highest BCUT2D eigenvalue weighted by atomic mass is 79.9. The van der Waals surface area contributed by atoms with Crippen molar-refractivity contribution in [3.8, 4) is 11.5 Å². The van der Waals surface area contributed by atoms with Gasteiger partial charge in [0, 0.05) is 5.02 Å². The number of amides is 2. The predicted molar refractivity (Wildman–Crippen MR) is 146 cm³/mol. The minimum absolute atomic E-state index is 0.160. The van der Waals surface area contributed by atoms with Crippen molar-refractivity contribution in [3.63, 3.8) is 0 Å². The number of carbonyl (C=O) groups is 3. The Morgan fingerprint density at radius 1 is 1.05 bits per heavy atom. The smallest absolute Gasteiger partial charge is 0.335 e. The number of hydrogen-bond acceptors (Lipinski definition) is 6. The molecule has 1 heterocycles. The molecule has 3 aromatic carbocycles.